The molecule has 0 aliphatic carbocycles. The van der Waals surface area contributed by atoms with E-state index in [1.54, 1.807) is 30.0 Å². The summed E-state index contributed by atoms with van der Waals surface area (Å²) in [7, 11) is 3.76. The van der Waals surface area contributed by atoms with Gasteiger partial charge < -0.3 is 20.6 Å². The van der Waals surface area contributed by atoms with E-state index in [2.05, 4.69) is 25.6 Å². The van der Waals surface area contributed by atoms with E-state index >= 15 is 0 Å². The molecule has 2 heterocycles. The zero-order chi connectivity index (χ0) is 27.4. The van der Waals surface area contributed by atoms with Crippen molar-refractivity contribution in [3.63, 3.8) is 0 Å². The summed E-state index contributed by atoms with van der Waals surface area (Å²) in [6.45, 7) is 0. The molecule has 13 heteroatoms. The number of hydrogen-bond acceptors (Lipinski definition) is 9. The summed E-state index contributed by atoms with van der Waals surface area (Å²) >= 11 is 2.61. The third-order valence-electron chi connectivity index (χ3n) is 5.70. The predicted octanol–water partition coefficient (Wildman–Crippen LogP) is 2.26. The van der Waals surface area contributed by atoms with Crippen molar-refractivity contribution >= 4 is 51.9 Å². The van der Waals surface area contributed by atoms with Crippen LogP contribution in [0.1, 0.15) is 23.6 Å². The number of rotatable bonds is 8. The van der Waals surface area contributed by atoms with Crippen LogP contribution in [0.15, 0.2) is 68.0 Å². The minimum atomic E-state index is -1.04. The number of nitrogens with zero attached hydrogens (tertiary/aromatic N) is 2. The Labute approximate surface area is 226 Å². The number of amidine groups is 1. The average Bonchev–Trinajstić information content (AvgIpc) is 3.21. The van der Waals surface area contributed by atoms with Crippen LogP contribution in [0, 0.1) is 0 Å². The SMILES string of the molecule is CSc1cccc(NC(=O)CC2SC(=NC(c3ccc(N(C)C)cc3)c3c(O)[nH]c(=O)[nH]c3=O)NC2=O)c1. The van der Waals surface area contributed by atoms with Crippen molar-refractivity contribution in [2.75, 3.05) is 30.6 Å². The van der Waals surface area contributed by atoms with Crippen LogP contribution in [0.25, 0.3) is 0 Å². The summed E-state index contributed by atoms with van der Waals surface area (Å²) < 4.78 is 0. The van der Waals surface area contributed by atoms with Crippen molar-refractivity contribution in [2.45, 2.75) is 22.6 Å². The topological polar surface area (TPSA) is 160 Å². The van der Waals surface area contributed by atoms with Gasteiger partial charge >= 0.3 is 5.69 Å². The largest absolute Gasteiger partial charge is 0.494 e. The first kappa shape index (κ1) is 27.1. The van der Waals surface area contributed by atoms with Crippen LogP contribution in [0.4, 0.5) is 11.4 Å². The molecule has 1 fully saturated rings. The van der Waals surface area contributed by atoms with E-state index in [1.165, 1.54) is 0 Å². The van der Waals surface area contributed by atoms with Gasteiger partial charge in [0, 0.05) is 36.8 Å². The number of carbonyl (C=O) groups is 2. The minimum Gasteiger partial charge on any atom is -0.494 e. The Morgan fingerprint density at radius 1 is 1.16 bits per heavy atom. The number of H-pyrrole nitrogens is 2. The maximum atomic E-state index is 12.7. The van der Waals surface area contributed by atoms with E-state index in [1.807, 2.05) is 55.6 Å². The Kier molecular flexibility index (Phi) is 8.27. The Morgan fingerprint density at radius 2 is 1.89 bits per heavy atom. The van der Waals surface area contributed by atoms with E-state index in [-0.39, 0.29) is 23.1 Å². The molecule has 0 radical (unpaired) electrons. The lowest BCUT2D eigenvalue weighted by molar-refractivity contribution is -0.122. The normalized spacial score (nSPS) is 16.8. The van der Waals surface area contributed by atoms with Crippen molar-refractivity contribution in [2.24, 2.45) is 4.99 Å². The molecule has 0 spiro atoms. The molecule has 0 bridgehead atoms. The maximum absolute atomic E-state index is 12.7. The number of aromatic hydroxyl groups is 1. The molecule has 4 rings (SSSR count). The number of carbonyl (C=O) groups excluding carboxylic acids is 2. The monoisotopic (exact) mass is 554 g/mol. The molecule has 3 aromatic rings. The Hall–Kier alpha value is -3.97. The molecule has 38 heavy (non-hydrogen) atoms. The number of thioether (sulfide) groups is 2. The van der Waals surface area contributed by atoms with Gasteiger partial charge in [0.05, 0.1) is 0 Å². The van der Waals surface area contributed by atoms with Crippen molar-refractivity contribution < 1.29 is 14.7 Å². The molecule has 2 amide bonds. The lowest BCUT2D eigenvalue weighted by Crippen LogP contribution is -2.29. The molecule has 1 aliphatic rings. The molecule has 11 nitrogen and oxygen atoms in total. The molecule has 2 atom stereocenters. The predicted molar refractivity (Wildman–Crippen MR) is 150 cm³/mol. The number of anilines is 2. The summed E-state index contributed by atoms with van der Waals surface area (Å²) in [6, 6.07) is 13.5. The van der Waals surface area contributed by atoms with Gasteiger partial charge in [-0.2, -0.15) is 0 Å². The average molecular weight is 555 g/mol. The summed E-state index contributed by atoms with van der Waals surface area (Å²) in [5.74, 6) is -1.35. The van der Waals surface area contributed by atoms with E-state index in [0.29, 0.717) is 11.3 Å². The fraction of sp³-hybridized carbons (Fsp3) is 0.240. The highest BCUT2D eigenvalue weighted by molar-refractivity contribution is 8.15. The molecule has 5 N–H and O–H groups in total. The number of hydrogen-bond donors (Lipinski definition) is 5. The molecule has 1 saturated heterocycles. The van der Waals surface area contributed by atoms with E-state index < -0.39 is 34.3 Å². The smallest absolute Gasteiger partial charge is 0.328 e. The molecule has 198 valence electrons. The molecular formula is C25H26N6O5S2. The van der Waals surface area contributed by atoms with E-state index in [0.717, 1.165) is 22.3 Å². The van der Waals surface area contributed by atoms with Crippen LogP contribution < -0.4 is 26.8 Å². The van der Waals surface area contributed by atoms with Crippen molar-refractivity contribution in [3.8, 4) is 5.88 Å². The van der Waals surface area contributed by atoms with Gasteiger partial charge in [0.15, 0.2) is 5.17 Å². The third kappa shape index (κ3) is 6.29. The van der Waals surface area contributed by atoms with Crippen LogP contribution in [-0.4, -0.2) is 57.7 Å². The summed E-state index contributed by atoms with van der Waals surface area (Å²) in [5.41, 5.74) is 0.226. The molecule has 0 saturated carbocycles. The van der Waals surface area contributed by atoms with Crippen LogP contribution in [0.2, 0.25) is 0 Å². The molecule has 1 aromatic heterocycles. The van der Waals surface area contributed by atoms with Gasteiger partial charge in [-0.25, -0.2) is 9.79 Å². The fourth-order valence-corrected chi connectivity index (χ4v) is 5.25. The lowest BCUT2D eigenvalue weighted by Gasteiger charge is -2.17. The minimum absolute atomic E-state index is 0.0916. The van der Waals surface area contributed by atoms with Crippen LogP contribution in [-0.2, 0) is 9.59 Å². The van der Waals surface area contributed by atoms with Gasteiger partial charge in [0.1, 0.15) is 16.9 Å². The number of aromatic nitrogens is 2. The van der Waals surface area contributed by atoms with E-state index in [9.17, 15) is 24.3 Å². The van der Waals surface area contributed by atoms with Crippen LogP contribution >= 0.6 is 23.5 Å². The highest BCUT2D eigenvalue weighted by Crippen LogP contribution is 2.32. The number of aliphatic imine (C=N–C) groups is 1. The van der Waals surface area contributed by atoms with Gasteiger partial charge in [-0.3, -0.25) is 24.4 Å². The van der Waals surface area contributed by atoms with Crippen LogP contribution in [0.5, 0.6) is 5.88 Å². The van der Waals surface area contributed by atoms with Gasteiger partial charge in [0.25, 0.3) is 5.56 Å². The second kappa shape index (κ2) is 11.6. The number of aromatic amines is 2. The Bertz CT molecular complexity index is 1500. The first-order chi connectivity index (χ1) is 18.1. The highest BCUT2D eigenvalue weighted by Gasteiger charge is 2.34. The zero-order valence-corrected chi connectivity index (χ0v) is 22.4. The summed E-state index contributed by atoms with van der Waals surface area (Å²) in [5, 5.41) is 15.3. The van der Waals surface area contributed by atoms with Crippen LogP contribution in [0.3, 0.4) is 0 Å². The number of amides is 2. The lowest BCUT2D eigenvalue weighted by atomic mass is 10.0. The first-order valence-corrected chi connectivity index (χ1v) is 13.6. The maximum Gasteiger partial charge on any atom is 0.328 e. The zero-order valence-electron chi connectivity index (χ0n) is 20.8. The standard InChI is InChI=1S/C25H26N6O5S2/c1-31(2)15-9-7-13(8-10-15)20(19-22(34)28-24(36)29-23(19)35)27-25-30-21(33)17(38-25)12-18(32)26-14-5-4-6-16(11-14)37-3/h4-11,17,20H,12H2,1-3H3,(H,26,32)(H,27,30,33)(H3,28,29,34,35,36). The molecule has 2 aromatic carbocycles. The number of benzene rings is 2. The second-order valence-corrected chi connectivity index (χ2v) is 10.6. The van der Waals surface area contributed by atoms with Crippen molar-refractivity contribution in [3.05, 3.63) is 80.5 Å². The number of nitrogens with one attached hydrogen (secondary N) is 4. The highest BCUT2D eigenvalue weighted by atomic mass is 32.2. The van der Waals surface area contributed by atoms with E-state index in [4.69, 9.17) is 0 Å². The Morgan fingerprint density at radius 3 is 2.55 bits per heavy atom. The third-order valence-corrected chi connectivity index (χ3v) is 7.53. The second-order valence-electron chi connectivity index (χ2n) is 8.57. The summed E-state index contributed by atoms with van der Waals surface area (Å²) in [4.78, 5) is 61.3. The Balaban J connectivity index is 1.59. The molecular weight excluding hydrogens is 528 g/mol. The molecule has 1 aliphatic heterocycles. The van der Waals surface area contributed by atoms with Crippen molar-refractivity contribution in [1.82, 2.24) is 15.3 Å². The quantitative estimate of drug-likeness (QED) is 0.265. The first-order valence-electron chi connectivity index (χ1n) is 11.5. The van der Waals surface area contributed by atoms with Gasteiger partial charge in [-0.1, -0.05) is 30.0 Å². The molecule has 2 unspecified atom stereocenters. The van der Waals surface area contributed by atoms with Gasteiger partial charge in [-0.15, -0.1) is 11.8 Å². The van der Waals surface area contributed by atoms with Gasteiger partial charge in [-0.05, 0) is 42.2 Å². The summed E-state index contributed by atoms with van der Waals surface area (Å²) in [6.07, 6.45) is 1.84. The van der Waals surface area contributed by atoms with Gasteiger partial charge in [0.2, 0.25) is 17.7 Å². The van der Waals surface area contributed by atoms with Crippen molar-refractivity contribution in [1.29, 1.82) is 0 Å². The fourth-order valence-electron chi connectivity index (χ4n) is 3.80.